The van der Waals surface area contributed by atoms with Gasteiger partial charge in [-0.15, -0.1) is 11.8 Å². The average Bonchev–Trinajstić information content (AvgIpc) is 2.61. The number of carbonyl (C=O) groups is 1. The van der Waals surface area contributed by atoms with E-state index in [9.17, 15) is 10.1 Å². The maximum absolute atomic E-state index is 12.2. The van der Waals surface area contributed by atoms with E-state index in [2.05, 4.69) is 16.4 Å². The first-order chi connectivity index (χ1) is 12.5. The van der Waals surface area contributed by atoms with E-state index in [1.807, 2.05) is 19.9 Å². The summed E-state index contributed by atoms with van der Waals surface area (Å²) in [6, 6.07) is 9.27. The zero-order chi connectivity index (χ0) is 19.1. The number of hydrogen-bond donors (Lipinski definition) is 1. The van der Waals surface area contributed by atoms with Crippen molar-refractivity contribution in [1.82, 2.24) is 4.98 Å². The number of nitrogens with zero attached hydrogens (tertiary/aromatic N) is 2. The third kappa shape index (κ3) is 4.90. The van der Waals surface area contributed by atoms with Gasteiger partial charge in [0, 0.05) is 23.9 Å². The van der Waals surface area contributed by atoms with Crippen LogP contribution in [0.3, 0.4) is 0 Å². The maximum Gasteiger partial charge on any atom is 0.225 e. The molecule has 1 heterocycles. The van der Waals surface area contributed by atoms with Crippen molar-refractivity contribution >= 4 is 23.4 Å². The molecule has 0 bridgehead atoms. The minimum atomic E-state index is -0.135. The molecule has 0 radical (unpaired) electrons. The Balaban J connectivity index is 1.97. The van der Waals surface area contributed by atoms with E-state index >= 15 is 0 Å². The van der Waals surface area contributed by atoms with E-state index in [0.29, 0.717) is 39.9 Å². The Hall–Kier alpha value is -2.72. The van der Waals surface area contributed by atoms with Gasteiger partial charge in [-0.3, -0.25) is 4.79 Å². The summed E-state index contributed by atoms with van der Waals surface area (Å²) in [6.45, 7) is 3.78. The van der Waals surface area contributed by atoms with Crippen molar-refractivity contribution in [3.63, 3.8) is 0 Å². The summed E-state index contributed by atoms with van der Waals surface area (Å²) in [5.41, 5.74) is 2.91. The van der Waals surface area contributed by atoms with E-state index in [1.165, 1.54) is 18.9 Å². The molecule has 0 atom stereocenters. The van der Waals surface area contributed by atoms with Gasteiger partial charge >= 0.3 is 0 Å². The largest absolute Gasteiger partial charge is 0.497 e. The summed E-state index contributed by atoms with van der Waals surface area (Å²) in [6.07, 6.45) is 0.291. The van der Waals surface area contributed by atoms with Crippen molar-refractivity contribution in [1.29, 1.82) is 5.26 Å². The number of pyridine rings is 1. The minimum Gasteiger partial charge on any atom is -0.497 e. The van der Waals surface area contributed by atoms with Crippen LogP contribution in [0.4, 0.5) is 5.69 Å². The van der Waals surface area contributed by atoms with Crippen LogP contribution in [0.5, 0.6) is 11.5 Å². The van der Waals surface area contributed by atoms with Gasteiger partial charge in [-0.05, 0) is 37.6 Å². The Morgan fingerprint density at radius 2 is 2.04 bits per heavy atom. The third-order valence-corrected chi connectivity index (χ3v) is 4.65. The van der Waals surface area contributed by atoms with Crippen LogP contribution in [-0.4, -0.2) is 30.9 Å². The number of rotatable bonds is 7. The summed E-state index contributed by atoms with van der Waals surface area (Å²) in [5, 5.41) is 12.8. The molecule has 0 aliphatic rings. The lowest BCUT2D eigenvalue weighted by Crippen LogP contribution is -2.13. The average molecular weight is 371 g/mol. The van der Waals surface area contributed by atoms with Crippen molar-refractivity contribution in [2.75, 3.05) is 25.3 Å². The molecule has 0 saturated carbocycles. The summed E-state index contributed by atoms with van der Waals surface area (Å²) >= 11 is 1.41. The Kier molecular flexibility index (Phi) is 6.87. The van der Waals surface area contributed by atoms with Crippen LogP contribution >= 0.6 is 11.8 Å². The van der Waals surface area contributed by atoms with Crippen molar-refractivity contribution in [2.45, 2.75) is 25.3 Å². The predicted molar refractivity (Wildman–Crippen MR) is 102 cm³/mol. The number of carbonyl (C=O) groups excluding carboxylic acids is 1. The smallest absolute Gasteiger partial charge is 0.225 e. The second-order valence-electron chi connectivity index (χ2n) is 5.59. The Bertz CT molecular complexity index is 847. The van der Waals surface area contributed by atoms with Crippen LogP contribution in [-0.2, 0) is 4.79 Å². The Morgan fingerprint density at radius 1 is 1.27 bits per heavy atom. The van der Waals surface area contributed by atoms with Gasteiger partial charge in [0.05, 0.1) is 25.5 Å². The highest BCUT2D eigenvalue weighted by atomic mass is 32.2. The topological polar surface area (TPSA) is 84.2 Å². The molecule has 26 heavy (non-hydrogen) atoms. The molecule has 1 amide bonds. The zero-order valence-electron chi connectivity index (χ0n) is 15.3. The number of nitrogens with one attached hydrogen (secondary N) is 1. The fraction of sp³-hybridized carbons (Fsp3) is 0.316. The Labute approximate surface area is 157 Å². The van der Waals surface area contributed by atoms with E-state index in [4.69, 9.17) is 9.47 Å². The molecule has 2 rings (SSSR count). The van der Waals surface area contributed by atoms with Crippen LogP contribution < -0.4 is 14.8 Å². The van der Waals surface area contributed by atoms with Crippen molar-refractivity contribution in [3.8, 4) is 17.6 Å². The molecule has 0 saturated heterocycles. The lowest BCUT2D eigenvalue weighted by molar-refractivity contribution is -0.115. The van der Waals surface area contributed by atoms with Crippen molar-refractivity contribution in [2.24, 2.45) is 0 Å². The van der Waals surface area contributed by atoms with E-state index in [1.54, 1.807) is 25.3 Å². The highest BCUT2D eigenvalue weighted by Crippen LogP contribution is 2.29. The molecule has 0 aliphatic heterocycles. The monoisotopic (exact) mass is 371 g/mol. The normalized spacial score (nSPS) is 10.1. The molecular weight excluding hydrogens is 350 g/mol. The van der Waals surface area contributed by atoms with E-state index in [0.717, 1.165) is 11.3 Å². The molecular formula is C19H21N3O3S. The number of anilines is 1. The number of thioether (sulfide) groups is 1. The number of hydrogen-bond acceptors (Lipinski definition) is 6. The molecule has 0 aliphatic carbocycles. The van der Waals surface area contributed by atoms with Gasteiger partial charge in [0.25, 0.3) is 0 Å². The highest BCUT2D eigenvalue weighted by molar-refractivity contribution is 7.99. The molecule has 0 spiro atoms. The van der Waals surface area contributed by atoms with Crippen molar-refractivity contribution < 1.29 is 14.3 Å². The molecule has 136 valence electrons. The number of aromatic nitrogens is 1. The predicted octanol–water partition coefficient (Wildman–Crippen LogP) is 3.71. The molecule has 7 heteroatoms. The quantitative estimate of drug-likeness (QED) is 0.747. The zero-order valence-corrected chi connectivity index (χ0v) is 16.1. The number of amides is 1. The maximum atomic E-state index is 12.2. The summed E-state index contributed by atoms with van der Waals surface area (Å²) in [4.78, 5) is 16.6. The molecule has 1 aromatic carbocycles. The molecule has 1 aromatic heterocycles. The van der Waals surface area contributed by atoms with Gasteiger partial charge in [-0.25, -0.2) is 4.98 Å². The van der Waals surface area contributed by atoms with Gasteiger partial charge in [-0.1, -0.05) is 0 Å². The first kappa shape index (κ1) is 19.6. The molecule has 6 nitrogen and oxygen atoms in total. The van der Waals surface area contributed by atoms with Gasteiger partial charge in [0.15, 0.2) is 0 Å². The van der Waals surface area contributed by atoms with E-state index in [-0.39, 0.29) is 5.91 Å². The molecule has 1 N–H and O–H groups in total. The third-order valence-electron chi connectivity index (χ3n) is 3.67. The lowest BCUT2D eigenvalue weighted by Gasteiger charge is -2.12. The fourth-order valence-corrected chi connectivity index (χ4v) is 3.44. The van der Waals surface area contributed by atoms with Crippen LogP contribution in [0.2, 0.25) is 0 Å². The van der Waals surface area contributed by atoms with Crippen LogP contribution in [0, 0.1) is 25.2 Å². The fourth-order valence-electron chi connectivity index (χ4n) is 2.40. The summed E-state index contributed by atoms with van der Waals surface area (Å²) < 4.78 is 10.4. The van der Waals surface area contributed by atoms with Crippen LogP contribution in [0.1, 0.15) is 23.2 Å². The molecule has 2 aromatic rings. The van der Waals surface area contributed by atoms with Crippen LogP contribution in [0.15, 0.2) is 29.3 Å². The van der Waals surface area contributed by atoms with Gasteiger partial charge in [-0.2, -0.15) is 5.26 Å². The second kappa shape index (κ2) is 9.11. The van der Waals surface area contributed by atoms with Gasteiger partial charge in [0.1, 0.15) is 22.6 Å². The van der Waals surface area contributed by atoms with Gasteiger partial charge in [0.2, 0.25) is 5.91 Å². The van der Waals surface area contributed by atoms with Gasteiger partial charge < -0.3 is 14.8 Å². The number of ether oxygens (including phenoxy) is 2. The number of methoxy groups -OCH3 is 2. The SMILES string of the molecule is COc1ccc(NC(=O)CCSc2nc(C)cc(C)c2C#N)c(OC)c1. The van der Waals surface area contributed by atoms with E-state index < -0.39 is 0 Å². The highest BCUT2D eigenvalue weighted by Gasteiger charge is 2.12. The molecule has 0 unspecified atom stereocenters. The number of nitriles is 1. The first-order valence-corrected chi connectivity index (χ1v) is 9.00. The van der Waals surface area contributed by atoms with Crippen molar-refractivity contribution in [3.05, 3.63) is 41.1 Å². The first-order valence-electron chi connectivity index (χ1n) is 8.01. The summed E-state index contributed by atoms with van der Waals surface area (Å²) in [5.74, 6) is 1.58. The minimum absolute atomic E-state index is 0.135. The Morgan fingerprint density at radius 3 is 2.69 bits per heavy atom. The standard InChI is InChI=1S/C19H21N3O3S/c1-12-9-13(2)21-19(15(12)11-20)26-8-7-18(23)22-16-6-5-14(24-3)10-17(16)25-4/h5-6,9-10H,7-8H2,1-4H3,(H,22,23). The lowest BCUT2D eigenvalue weighted by atomic mass is 10.1. The second-order valence-corrected chi connectivity index (χ2v) is 6.67. The summed E-state index contributed by atoms with van der Waals surface area (Å²) in [7, 11) is 3.11. The number of aryl methyl sites for hydroxylation is 2. The van der Waals surface area contributed by atoms with Crippen LogP contribution in [0.25, 0.3) is 0 Å². The molecule has 0 fully saturated rings. The number of benzene rings is 1.